The van der Waals surface area contributed by atoms with E-state index in [1.165, 1.54) is 18.2 Å². The molecule has 6 heteroatoms. The molecule has 2 aromatic carbocycles. The van der Waals surface area contributed by atoms with Crippen molar-refractivity contribution in [2.24, 2.45) is 4.99 Å². The van der Waals surface area contributed by atoms with Crippen LogP contribution in [0.15, 0.2) is 53.0 Å². The van der Waals surface area contributed by atoms with Crippen molar-refractivity contribution < 1.29 is 19.8 Å². The number of Topliss-reactive ketones (excluding diaryl/α,β-unsaturated/α-hetero) is 1. The number of ketones is 1. The lowest BCUT2D eigenvalue weighted by molar-refractivity contribution is -0.243. The average Bonchev–Trinajstić information content (AvgIpc) is 2.78. The predicted octanol–water partition coefficient (Wildman–Crippen LogP) is 2.71. The van der Waals surface area contributed by atoms with E-state index in [0.717, 1.165) is 6.21 Å². The van der Waals surface area contributed by atoms with E-state index in [1.807, 2.05) is 0 Å². The summed E-state index contributed by atoms with van der Waals surface area (Å²) in [4.78, 5) is 27.4. The summed E-state index contributed by atoms with van der Waals surface area (Å²) in [6, 6.07) is 10.6. The van der Waals surface area contributed by atoms with Crippen molar-refractivity contribution in [2.75, 3.05) is 0 Å². The molecule has 0 aromatic heterocycles. The standard InChI is InChI=1S/C17H10ClNO4/c18-9-5-6-14(12(7-9)17(22)23)19-8-13-15(20)10-3-1-2-4-11(10)16(13)21/h1-8,20H,(H,22,23)/p-1. The zero-order valence-corrected chi connectivity index (χ0v) is 12.4. The van der Waals surface area contributed by atoms with Crippen LogP contribution in [0, 0.1) is 0 Å². The highest BCUT2D eigenvalue weighted by atomic mass is 35.5. The lowest BCUT2D eigenvalue weighted by Gasteiger charge is -2.08. The van der Waals surface area contributed by atoms with Gasteiger partial charge in [0.25, 0.3) is 0 Å². The molecule has 0 fully saturated rings. The van der Waals surface area contributed by atoms with E-state index in [-0.39, 0.29) is 21.8 Å². The highest BCUT2D eigenvalue weighted by Crippen LogP contribution is 2.29. The largest absolute Gasteiger partial charge is 0.872 e. The number of aliphatic imine (C=N–C) groups is 1. The molecule has 0 aliphatic heterocycles. The molecule has 0 unspecified atom stereocenters. The van der Waals surface area contributed by atoms with Gasteiger partial charge in [0.2, 0.25) is 0 Å². The second-order valence-electron chi connectivity index (χ2n) is 4.84. The Kier molecular flexibility index (Phi) is 3.72. The fourth-order valence-electron chi connectivity index (χ4n) is 2.32. The van der Waals surface area contributed by atoms with Crippen molar-refractivity contribution in [1.29, 1.82) is 0 Å². The van der Waals surface area contributed by atoms with E-state index in [1.54, 1.807) is 24.3 Å². The fraction of sp³-hybridized carbons (Fsp3) is 0. The summed E-state index contributed by atoms with van der Waals surface area (Å²) in [5.74, 6) is -2.03. The lowest BCUT2D eigenvalue weighted by Crippen LogP contribution is -2.05. The Balaban J connectivity index is 2.01. The molecule has 5 nitrogen and oxygen atoms in total. The Morgan fingerprint density at radius 1 is 1.17 bits per heavy atom. The molecule has 114 valence electrons. The van der Waals surface area contributed by atoms with E-state index < -0.39 is 17.5 Å². The zero-order valence-electron chi connectivity index (χ0n) is 11.6. The van der Waals surface area contributed by atoms with Crippen LogP contribution in [0.2, 0.25) is 5.02 Å². The van der Waals surface area contributed by atoms with Gasteiger partial charge in [0.1, 0.15) is 0 Å². The van der Waals surface area contributed by atoms with Crippen LogP contribution < -0.4 is 5.11 Å². The second-order valence-corrected chi connectivity index (χ2v) is 5.28. The van der Waals surface area contributed by atoms with Crippen LogP contribution in [0.4, 0.5) is 5.69 Å². The lowest BCUT2D eigenvalue weighted by atomic mass is 10.1. The first-order chi connectivity index (χ1) is 11.0. The number of fused-ring (bicyclic) bond motifs is 1. The van der Waals surface area contributed by atoms with Gasteiger partial charge in [-0.25, -0.2) is 4.79 Å². The molecular formula is C17H9ClNO4-. The molecule has 0 spiro atoms. The van der Waals surface area contributed by atoms with Crippen molar-refractivity contribution in [3.63, 3.8) is 0 Å². The van der Waals surface area contributed by atoms with E-state index in [0.29, 0.717) is 11.1 Å². The summed E-state index contributed by atoms with van der Waals surface area (Å²) in [5, 5.41) is 21.6. The second kappa shape index (κ2) is 5.70. The van der Waals surface area contributed by atoms with Gasteiger partial charge in [-0.3, -0.25) is 9.79 Å². The maximum Gasteiger partial charge on any atom is 0.337 e. The van der Waals surface area contributed by atoms with Crippen LogP contribution in [-0.2, 0) is 0 Å². The van der Waals surface area contributed by atoms with E-state index in [4.69, 9.17) is 16.7 Å². The Bertz CT molecular complexity index is 899. The van der Waals surface area contributed by atoms with Crippen LogP contribution in [-0.4, -0.2) is 23.1 Å². The number of aromatic carboxylic acids is 1. The Morgan fingerprint density at radius 3 is 2.52 bits per heavy atom. The minimum atomic E-state index is -1.20. The Hall–Kier alpha value is -2.92. The molecule has 1 N–H and O–H groups in total. The highest BCUT2D eigenvalue weighted by Gasteiger charge is 2.23. The number of halogens is 1. The third kappa shape index (κ3) is 2.62. The maximum absolute atomic E-state index is 12.2. The SMILES string of the molecule is O=C(O)c1cc(Cl)ccc1N=CC1=C([O-])c2ccccc2C1=O. The number of carbonyl (C=O) groups is 2. The van der Waals surface area contributed by atoms with Gasteiger partial charge in [0.05, 0.1) is 11.3 Å². The number of carbonyl (C=O) groups excluding carboxylic acids is 1. The van der Waals surface area contributed by atoms with Gasteiger partial charge in [-0.1, -0.05) is 41.6 Å². The topological polar surface area (TPSA) is 89.8 Å². The van der Waals surface area contributed by atoms with Crippen molar-refractivity contribution in [1.82, 2.24) is 0 Å². The Labute approximate surface area is 136 Å². The fourth-order valence-corrected chi connectivity index (χ4v) is 2.49. The number of carboxylic acids is 1. The molecule has 0 saturated heterocycles. The summed E-state index contributed by atoms with van der Waals surface area (Å²) >= 11 is 5.77. The van der Waals surface area contributed by atoms with Crippen LogP contribution in [0.5, 0.6) is 0 Å². The summed E-state index contributed by atoms with van der Waals surface area (Å²) in [7, 11) is 0. The molecule has 23 heavy (non-hydrogen) atoms. The van der Waals surface area contributed by atoms with Gasteiger partial charge in [-0.05, 0) is 23.8 Å². The molecular weight excluding hydrogens is 318 g/mol. The maximum atomic E-state index is 12.2. The molecule has 0 bridgehead atoms. The predicted molar refractivity (Wildman–Crippen MR) is 84.3 cm³/mol. The quantitative estimate of drug-likeness (QED) is 0.878. The van der Waals surface area contributed by atoms with E-state index >= 15 is 0 Å². The molecule has 0 radical (unpaired) electrons. The van der Waals surface area contributed by atoms with Gasteiger partial charge in [-0.2, -0.15) is 0 Å². The Morgan fingerprint density at radius 2 is 1.87 bits per heavy atom. The first kappa shape index (κ1) is 15.0. The summed E-state index contributed by atoms with van der Waals surface area (Å²) in [6.07, 6.45) is 1.11. The third-order valence-corrected chi connectivity index (χ3v) is 3.66. The average molecular weight is 327 g/mol. The molecule has 1 aliphatic carbocycles. The number of allylic oxidation sites excluding steroid dienone is 1. The summed E-state index contributed by atoms with van der Waals surface area (Å²) in [5.41, 5.74) is 0.579. The molecule has 3 rings (SSSR count). The zero-order chi connectivity index (χ0) is 16.6. The van der Waals surface area contributed by atoms with Crippen LogP contribution in [0.1, 0.15) is 26.3 Å². The number of hydrogen-bond acceptors (Lipinski definition) is 4. The molecule has 0 heterocycles. The van der Waals surface area contributed by atoms with Crippen LogP contribution in [0.3, 0.4) is 0 Å². The van der Waals surface area contributed by atoms with Gasteiger partial charge in [0, 0.05) is 22.4 Å². The monoisotopic (exact) mass is 326 g/mol. The van der Waals surface area contributed by atoms with E-state index in [2.05, 4.69) is 4.99 Å². The van der Waals surface area contributed by atoms with E-state index in [9.17, 15) is 14.7 Å². The van der Waals surface area contributed by atoms with Crippen molar-refractivity contribution in [3.8, 4) is 0 Å². The number of carboxylic acid groups (broad SMARTS) is 1. The molecule has 1 aliphatic rings. The summed E-state index contributed by atoms with van der Waals surface area (Å²) in [6.45, 7) is 0. The summed E-state index contributed by atoms with van der Waals surface area (Å²) < 4.78 is 0. The molecule has 2 aromatic rings. The van der Waals surface area contributed by atoms with Gasteiger partial charge in [0.15, 0.2) is 5.78 Å². The minimum absolute atomic E-state index is 0.0857. The van der Waals surface area contributed by atoms with Gasteiger partial charge >= 0.3 is 5.97 Å². The van der Waals surface area contributed by atoms with Crippen molar-refractivity contribution in [2.45, 2.75) is 0 Å². The van der Waals surface area contributed by atoms with Crippen molar-refractivity contribution in [3.05, 3.63) is 69.8 Å². The molecule has 0 atom stereocenters. The minimum Gasteiger partial charge on any atom is -0.872 e. The van der Waals surface area contributed by atoms with Crippen LogP contribution >= 0.6 is 11.6 Å². The van der Waals surface area contributed by atoms with Gasteiger partial charge in [-0.15, -0.1) is 0 Å². The first-order valence-corrected chi connectivity index (χ1v) is 6.99. The number of rotatable bonds is 3. The first-order valence-electron chi connectivity index (χ1n) is 6.61. The molecule has 0 saturated carbocycles. The van der Waals surface area contributed by atoms with Crippen molar-refractivity contribution >= 4 is 41.0 Å². The normalized spacial score (nSPS) is 13.7. The van der Waals surface area contributed by atoms with Crippen LogP contribution in [0.25, 0.3) is 5.76 Å². The highest BCUT2D eigenvalue weighted by molar-refractivity contribution is 6.31. The number of hydrogen-bond donors (Lipinski definition) is 1. The number of nitrogens with zero attached hydrogens (tertiary/aromatic N) is 1. The van der Waals surface area contributed by atoms with Gasteiger partial charge < -0.3 is 10.2 Å². The third-order valence-electron chi connectivity index (χ3n) is 3.43. The molecule has 0 amide bonds. The smallest absolute Gasteiger partial charge is 0.337 e. The number of benzene rings is 2.